The van der Waals surface area contributed by atoms with Gasteiger partial charge in [-0.3, -0.25) is 9.78 Å². The molecule has 3 aromatic rings. The monoisotopic (exact) mass is 359 g/mol. The normalized spacial score (nSPS) is 12.3. The van der Waals surface area contributed by atoms with Gasteiger partial charge in [0.15, 0.2) is 17.3 Å². The minimum Gasteiger partial charge on any atom is -0.489 e. The van der Waals surface area contributed by atoms with Gasteiger partial charge in [-0.1, -0.05) is 18.2 Å². The van der Waals surface area contributed by atoms with Gasteiger partial charge in [0.25, 0.3) is 0 Å². The Labute approximate surface area is 156 Å². The third-order valence-corrected chi connectivity index (χ3v) is 4.12. The molecule has 0 bridgehead atoms. The molecule has 134 valence electrons. The van der Waals surface area contributed by atoms with Crippen LogP contribution in [0.3, 0.4) is 0 Å². The summed E-state index contributed by atoms with van der Waals surface area (Å²) in [5.74, 6) is 1.94. The van der Waals surface area contributed by atoms with E-state index in [4.69, 9.17) is 14.2 Å². The molecule has 0 amide bonds. The van der Waals surface area contributed by atoms with E-state index in [1.54, 1.807) is 42.7 Å². The molecular formula is C22H17NO4. The Bertz CT molecular complexity index is 965. The predicted octanol–water partition coefficient (Wildman–Crippen LogP) is 4.29. The lowest BCUT2D eigenvalue weighted by Crippen LogP contribution is -1.95. The van der Waals surface area contributed by atoms with Crippen molar-refractivity contribution < 1.29 is 19.0 Å². The Morgan fingerprint density at radius 2 is 1.78 bits per heavy atom. The summed E-state index contributed by atoms with van der Waals surface area (Å²) in [5.41, 5.74) is 2.54. The van der Waals surface area contributed by atoms with Crippen molar-refractivity contribution in [1.29, 1.82) is 0 Å². The fourth-order valence-electron chi connectivity index (χ4n) is 2.64. The summed E-state index contributed by atoms with van der Waals surface area (Å²) in [6.07, 6.45) is 6.80. The minimum atomic E-state index is -0.0914. The van der Waals surface area contributed by atoms with Crippen LogP contribution in [0.1, 0.15) is 21.5 Å². The Morgan fingerprint density at radius 3 is 2.59 bits per heavy atom. The van der Waals surface area contributed by atoms with E-state index in [0.717, 1.165) is 16.9 Å². The molecule has 4 rings (SSSR count). The maximum Gasteiger partial charge on any atom is 0.231 e. The van der Waals surface area contributed by atoms with E-state index in [1.807, 2.05) is 36.4 Å². The summed E-state index contributed by atoms with van der Waals surface area (Å²) in [6.45, 7) is 0.679. The molecule has 0 N–H and O–H groups in total. The van der Waals surface area contributed by atoms with Crippen LogP contribution >= 0.6 is 0 Å². The van der Waals surface area contributed by atoms with Crippen LogP contribution in [-0.2, 0) is 6.61 Å². The summed E-state index contributed by atoms with van der Waals surface area (Å²) in [4.78, 5) is 16.3. The van der Waals surface area contributed by atoms with E-state index in [1.165, 1.54) is 0 Å². The fourth-order valence-corrected chi connectivity index (χ4v) is 2.64. The van der Waals surface area contributed by atoms with E-state index in [0.29, 0.717) is 23.7 Å². The number of aromatic nitrogens is 1. The number of ether oxygens (including phenoxy) is 3. The molecule has 0 aliphatic carbocycles. The number of hydrogen-bond acceptors (Lipinski definition) is 5. The number of rotatable bonds is 6. The average Bonchev–Trinajstić information content (AvgIpc) is 3.20. The summed E-state index contributed by atoms with van der Waals surface area (Å²) < 4.78 is 16.3. The highest BCUT2D eigenvalue weighted by molar-refractivity contribution is 6.07. The second-order valence-electron chi connectivity index (χ2n) is 5.98. The van der Waals surface area contributed by atoms with Crippen LogP contribution in [0.4, 0.5) is 0 Å². The summed E-state index contributed by atoms with van der Waals surface area (Å²) in [5, 5.41) is 0. The van der Waals surface area contributed by atoms with Crippen LogP contribution in [-0.4, -0.2) is 17.6 Å². The highest BCUT2D eigenvalue weighted by atomic mass is 16.7. The summed E-state index contributed by atoms with van der Waals surface area (Å²) in [7, 11) is 0. The van der Waals surface area contributed by atoms with Crippen LogP contribution in [0, 0.1) is 0 Å². The molecule has 2 heterocycles. The topological polar surface area (TPSA) is 57.7 Å². The van der Waals surface area contributed by atoms with Crippen LogP contribution in [0.25, 0.3) is 6.08 Å². The van der Waals surface area contributed by atoms with Crippen molar-refractivity contribution >= 4 is 11.9 Å². The number of pyridine rings is 1. The van der Waals surface area contributed by atoms with E-state index < -0.39 is 0 Å². The van der Waals surface area contributed by atoms with Gasteiger partial charge >= 0.3 is 0 Å². The molecule has 0 unspecified atom stereocenters. The Balaban J connectivity index is 1.37. The van der Waals surface area contributed by atoms with Gasteiger partial charge in [0.1, 0.15) is 12.4 Å². The zero-order valence-corrected chi connectivity index (χ0v) is 14.5. The number of nitrogens with zero attached hydrogens (tertiary/aromatic N) is 1. The van der Waals surface area contributed by atoms with Crippen molar-refractivity contribution in [3.8, 4) is 17.2 Å². The first kappa shape index (κ1) is 16.8. The highest BCUT2D eigenvalue weighted by Gasteiger charge is 2.15. The quantitative estimate of drug-likeness (QED) is 0.485. The van der Waals surface area contributed by atoms with E-state index in [2.05, 4.69) is 4.98 Å². The van der Waals surface area contributed by atoms with Crippen molar-refractivity contribution in [2.24, 2.45) is 0 Å². The SMILES string of the molecule is O=C(/C=C/c1ccc(OCc2ccncc2)cc1)c1ccc2c(c1)OCO2. The third kappa shape index (κ3) is 4.15. The minimum absolute atomic E-state index is 0.0914. The van der Waals surface area contributed by atoms with Crippen LogP contribution in [0.2, 0.25) is 0 Å². The maximum absolute atomic E-state index is 12.3. The molecule has 0 radical (unpaired) electrons. The molecule has 0 fully saturated rings. The van der Waals surface area contributed by atoms with Crippen LogP contribution < -0.4 is 14.2 Å². The molecule has 1 aliphatic rings. The molecule has 0 atom stereocenters. The van der Waals surface area contributed by atoms with Crippen molar-refractivity contribution in [2.45, 2.75) is 6.61 Å². The number of benzene rings is 2. The van der Waals surface area contributed by atoms with E-state index >= 15 is 0 Å². The Morgan fingerprint density at radius 1 is 1.00 bits per heavy atom. The number of carbonyl (C=O) groups excluding carboxylic acids is 1. The standard InChI is InChI=1S/C22H17NO4/c24-20(18-4-8-21-22(13-18)27-15-26-21)7-3-16-1-5-19(6-2-16)25-14-17-9-11-23-12-10-17/h1-13H,14-15H2/b7-3+. The lowest BCUT2D eigenvalue weighted by Gasteiger charge is -2.06. The number of carbonyl (C=O) groups is 1. The fraction of sp³-hybridized carbons (Fsp3) is 0.0909. The van der Waals surface area contributed by atoms with Crippen molar-refractivity contribution in [2.75, 3.05) is 6.79 Å². The maximum atomic E-state index is 12.3. The van der Waals surface area contributed by atoms with E-state index in [-0.39, 0.29) is 12.6 Å². The summed E-state index contributed by atoms with van der Waals surface area (Å²) >= 11 is 0. The van der Waals surface area contributed by atoms with Crippen molar-refractivity contribution in [1.82, 2.24) is 4.98 Å². The van der Waals surface area contributed by atoms with Gasteiger partial charge in [-0.05, 0) is 59.7 Å². The number of ketones is 1. The Hall–Kier alpha value is -3.60. The largest absolute Gasteiger partial charge is 0.489 e. The van der Waals surface area contributed by atoms with Gasteiger partial charge in [0.2, 0.25) is 6.79 Å². The van der Waals surface area contributed by atoms with Gasteiger partial charge < -0.3 is 14.2 Å². The van der Waals surface area contributed by atoms with Crippen LogP contribution in [0.5, 0.6) is 17.2 Å². The second kappa shape index (κ2) is 7.74. The Kier molecular flexibility index (Phi) is 4.83. The third-order valence-electron chi connectivity index (χ3n) is 4.12. The van der Waals surface area contributed by atoms with Gasteiger partial charge in [0, 0.05) is 18.0 Å². The number of fused-ring (bicyclic) bond motifs is 1. The molecule has 5 heteroatoms. The molecule has 0 spiro atoms. The first-order valence-corrected chi connectivity index (χ1v) is 8.52. The zero-order chi connectivity index (χ0) is 18.5. The highest BCUT2D eigenvalue weighted by Crippen LogP contribution is 2.32. The predicted molar refractivity (Wildman–Crippen MR) is 101 cm³/mol. The lowest BCUT2D eigenvalue weighted by molar-refractivity contribution is 0.104. The molecule has 1 aromatic heterocycles. The molecule has 1 aliphatic heterocycles. The van der Waals surface area contributed by atoms with Gasteiger partial charge in [-0.2, -0.15) is 0 Å². The lowest BCUT2D eigenvalue weighted by atomic mass is 10.1. The van der Waals surface area contributed by atoms with Gasteiger partial charge in [-0.25, -0.2) is 0 Å². The molecule has 27 heavy (non-hydrogen) atoms. The van der Waals surface area contributed by atoms with Crippen molar-refractivity contribution in [3.05, 3.63) is 89.8 Å². The molecule has 5 nitrogen and oxygen atoms in total. The average molecular weight is 359 g/mol. The zero-order valence-electron chi connectivity index (χ0n) is 14.5. The molecule has 0 saturated carbocycles. The smallest absolute Gasteiger partial charge is 0.231 e. The number of allylic oxidation sites excluding steroid dienone is 1. The first-order chi connectivity index (χ1) is 13.3. The second-order valence-corrected chi connectivity index (χ2v) is 5.98. The molecular weight excluding hydrogens is 342 g/mol. The molecule has 2 aromatic carbocycles. The summed E-state index contributed by atoms with van der Waals surface area (Å²) in [6, 6.07) is 16.6. The van der Waals surface area contributed by atoms with Crippen molar-refractivity contribution in [3.63, 3.8) is 0 Å². The van der Waals surface area contributed by atoms with Gasteiger partial charge in [0.05, 0.1) is 0 Å². The first-order valence-electron chi connectivity index (χ1n) is 8.52. The molecule has 0 saturated heterocycles. The number of hydrogen-bond donors (Lipinski definition) is 0. The van der Waals surface area contributed by atoms with Gasteiger partial charge in [-0.15, -0.1) is 0 Å². The van der Waals surface area contributed by atoms with E-state index in [9.17, 15) is 4.79 Å². The van der Waals surface area contributed by atoms with Crippen LogP contribution in [0.15, 0.2) is 73.1 Å².